The van der Waals surface area contributed by atoms with Crippen LogP contribution in [0.3, 0.4) is 0 Å². The van der Waals surface area contributed by atoms with Gasteiger partial charge in [0, 0.05) is 10.0 Å². The number of alkyl halides is 1. The zero-order valence-corrected chi connectivity index (χ0v) is 9.30. The predicted molar refractivity (Wildman–Crippen MR) is 51.4 cm³/mol. The molecule has 0 heterocycles. The largest absolute Gasteiger partial charge is 0.205 e. The molecule has 0 radical (unpaired) electrons. The van der Waals surface area contributed by atoms with Gasteiger partial charge >= 0.3 is 0 Å². The normalized spacial score (nSPS) is 10.2. The Bertz CT molecular complexity index is 275. The molecule has 0 unspecified atom stereocenters. The summed E-state index contributed by atoms with van der Waals surface area (Å²) in [5.41, 5.74) is 0.487. The molecule has 0 spiro atoms. The quantitative estimate of drug-likeness (QED) is 0.541. The van der Waals surface area contributed by atoms with Gasteiger partial charge in [-0.25, -0.2) is 4.39 Å². The molecule has 4 heteroatoms. The van der Waals surface area contributed by atoms with Crippen LogP contribution in [0.5, 0.6) is 0 Å². The maximum atomic E-state index is 13.1. The first-order valence-electron chi connectivity index (χ1n) is 2.85. The molecule has 0 aliphatic carbocycles. The molecule has 0 amide bonds. The minimum absolute atomic E-state index is 0.172. The zero-order chi connectivity index (χ0) is 8.43. The molecule has 0 aliphatic heterocycles. The number of hydrogen-bond donors (Lipinski definition) is 0. The molecule has 0 saturated heterocycles. The summed E-state index contributed by atoms with van der Waals surface area (Å²) >= 11 is 11.8. The van der Waals surface area contributed by atoms with Crippen molar-refractivity contribution in [3.05, 3.63) is 32.5 Å². The lowest BCUT2D eigenvalue weighted by atomic mass is 10.2. The fourth-order valence-corrected chi connectivity index (χ4v) is 1.93. The molecular formula is C7H4Br2ClF. The molecule has 1 aromatic rings. The molecule has 1 rings (SSSR count). The highest BCUT2D eigenvalue weighted by Crippen LogP contribution is 2.27. The van der Waals surface area contributed by atoms with Gasteiger partial charge in [-0.15, -0.1) is 11.6 Å². The van der Waals surface area contributed by atoms with Crippen LogP contribution in [0.2, 0.25) is 0 Å². The van der Waals surface area contributed by atoms with Crippen LogP contribution in [0.4, 0.5) is 4.39 Å². The highest BCUT2D eigenvalue weighted by molar-refractivity contribution is 9.11. The molecule has 0 bridgehead atoms. The van der Waals surface area contributed by atoms with E-state index in [1.54, 1.807) is 12.1 Å². The van der Waals surface area contributed by atoms with Gasteiger partial charge in [0.05, 0.1) is 10.4 Å². The minimum Gasteiger partial charge on any atom is -0.205 e. The molecule has 0 nitrogen and oxygen atoms in total. The first kappa shape index (κ1) is 9.49. The number of halogens is 4. The second-order valence-electron chi connectivity index (χ2n) is 1.96. The molecule has 0 N–H and O–H groups in total. The van der Waals surface area contributed by atoms with Crippen LogP contribution in [0, 0.1) is 5.82 Å². The SMILES string of the molecule is Fc1c(Br)ccc(Br)c1CCl. The van der Waals surface area contributed by atoms with Gasteiger partial charge in [-0.05, 0) is 28.1 Å². The summed E-state index contributed by atoms with van der Waals surface area (Å²) < 4.78 is 14.2. The summed E-state index contributed by atoms with van der Waals surface area (Å²) in [7, 11) is 0. The number of rotatable bonds is 1. The van der Waals surface area contributed by atoms with E-state index < -0.39 is 0 Å². The van der Waals surface area contributed by atoms with Crippen molar-refractivity contribution in [1.82, 2.24) is 0 Å². The average Bonchev–Trinajstić information content (AvgIpc) is 1.99. The Kier molecular flexibility index (Phi) is 3.34. The molecular weight excluding hydrogens is 298 g/mol. The Morgan fingerprint density at radius 1 is 1.27 bits per heavy atom. The van der Waals surface area contributed by atoms with Crippen LogP contribution < -0.4 is 0 Å². The van der Waals surface area contributed by atoms with Crippen molar-refractivity contribution in [2.75, 3.05) is 0 Å². The molecule has 1 aromatic carbocycles. The Hall–Kier alpha value is 0.400. The highest BCUT2D eigenvalue weighted by atomic mass is 79.9. The lowest BCUT2D eigenvalue weighted by molar-refractivity contribution is 0.609. The van der Waals surface area contributed by atoms with Gasteiger partial charge in [0.1, 0.15) is 5.82 Å². The van der Waals surface area contributed by atoms with Gasteiger partial charge in [-0.1, -0.05) is 15.9 Å². The topological polar surface area (TPSA) is 0 Å². The van der Waals surface area contributed by atoms with Crippen molar-refractivity contribution < 1.29 is 4.39 Å². The van der Waals surface area contributed by atoms with Crippen LogP contribution in [-0.4, -0.2) is 0 Å². The summed E-state index contributed by atoms with van der Waals surface area (Å²) in [5, 5.41) is 0. The third-order valence-corrected chi connectivity index (χ3v) is 2.90. The standard InChI is InChI=1S/C7H4Br2ClF/c8-5-1-2-6(9)7(11)4(5)3-10/h1-2H,3H2. The predicted octanol–water partition coefficient (Wildman–Crippen LogP) is 4.09. The van der Waals surface area contributed by atoms with Crippen molar-refractivity contribution >= 4 is 43.5 Å². The molecule has 11 heavy (non-hydrogen) atoms. The number of hydrogen-bond acceptors (Lipinski definition) is 0. The fraction of sp³-hybridized carbons (Fsp3) is 0.143. The summed E-state index contributed by atoms with van der Waals surface area (Å²) in [6.45, 7) is 0. The number of benzene rings is 1. The Morgan fingerprint density at radius 2 is 1.82 bits per heavy atom. The molecule has 0 aromatic heterocycles. The van der Waals surface area contributed by atoms with Gasteiger partial charge in [-0.3, -0.25) is 0 Å². The van der Waals surface area contributed by atoms with E-state index in [4.69, 9.17) is 11.6 Å². The van der Waals surface area contributed by atoms with Crippen LogP contribution in [0.15, 0.2) is 21.1 Å². The van der Waals surface area contributed by atoms with E-state index in [0.717, 1.165) is 0 Å². The van der Waals surface area contributed by atoms with Gasteiger partial charge in [0.25, 0.3) is 0 Å². The molecule has 60 valence electrons. The second kappa shape index (κ2) is 3.87. The lowest BCUT2D eigenvalue weighted by Gasteiger charge is -2.02. The van der Waals surface area contributed by atoms with Crippen LogP contribution >= 0.6 is 43.5 Å². The first-order chi connectivity index (χ1) is 5.16. The van der Waals surface area contributed by atoms with Gasteiger partial charge in [0.2, 0.25) is 0 Å². The molecule has 0 fully saturated rings. The maximum absolute atomic E-state index is 13.1. The summed E-state index contributed by atoms with van der Waals surface area (Å²) in [6.07, 6.45) is 0. The van der Waals surface area contributed by atoms with E-state index in [1.165, 1.54) is 0 Å². The summed E-state index contributed by atoms with van der Waals surface area (Å²) in [4.78, 5) is 0. The third kappa shape index (κ3) is 1.95. The Labute approximate surface area is 86.0 Å². The van der Waals surface area contributed by atoms with Crippen LogP contribution in [0.1, 0.15) is 5.56 Å². The van der Waals surface area contributed by atoms with E-state index in [1.807, 2.05) is 0 Å². The van der Waals surface area contributed by atoms with Crippen molar-refractivity contribution in [3.63, 3.8) is 0 Å². The summed E-state index contributed by atoms with van der Waals surface area (Å²) in [5.74, 6) is -0.124. The zero-order valence-electron chi connectivity index (χ0n) is 5.37. The van der Waals surface area contributed by atoms with Crippen molar-refractivity contribution in [2.24, 2.45) is 0 Å². The average molecular weight is 302 g/mol. The Morgan fingerprint density at radius 3 is 2.27 bits per heavy atom. The van der Waals surface area contributed by atoms with E-state index in [-0.39, 0.29) is 11.7 Å². The van der Waals surface area contributed by atoms with Crippen molar-refractivity contribution in [3.8, 4) is 0 Å². The smallest absolute Gasteiger partial charge is 0.142 e. The van der Waals surface area contributed by atoms with Crippen LogP contribution in [0.25, 0.3) is 0 Å². The van der Waals surface area contributed by atoms with E-state index in [2.05, 4.69) is 31.9 Å². The molecule has 0 saturated carbocycles. The van der Waals surface area contributed by atoms with Crippen LogP contribution in [-0.2, 0) is 5.88 Å². The van der Waals surface area contributed by atoms with E-state index >= 15 is 0 Å². The highest BCUT2D eigenvalue weighted by Gasteiger charge is 2.08. The van der Waals surface area contributed by atoms with Gasteiger partial charge in [0.15, 0.2) is 0 Å². The lowest BCUT2D eigenvalue weighted by Crippen LogP contribution is -1.88. The van der Waals surface area contributed by atoms with Crippen molar-refractivity contribution in [2.45, 2.75) is 5.88 Å². The fourth-order valence-electron chi connectivity index (χ4n) is 0.692. The molecule has 0 aliphatic rings. The maximum Gasteiger partial charge on any atom is 0.142 e. The monoisotopic (exact) mass is 300 g/mol. The first-order valence-corrected chi connectivity index (χ1v) is 4.97. The Balaban J connectivity index is 3.29. The van der Waals surface area contributed by atoms with Gasteiger partial charge < -0.3 is 0 Å². The second-order valence-corrected chi connectivity index (χ2v) is 3.93. The van der Waals surface area contributed by atoms with E-state index in [9.17, 15) is 4.39 Å². The third-order valence-electron chi connectivity index (χ3n) is 1.27. The van der Waals surface area contributed by atoms with Crippen molar-refractivity contribution in [1.29, 1.82) is 0 Å². The summed E-state index contributed by atoms with van der Waals surface area (Å²) in [6, 6.07) is 3.39. The van der Waals surface area contributed by atoms with Gasteiger partial charge in [-0.2, -0.15) is 0 Å². The van der Waals surface area contributed by atoms with E-state index in [0.29, 0.717) is 14.5 Å². The minimum atomic E-state index is -0.297. The molecule has 0 atom stereocenters.